The van der Waals surface area contributed by atoms with Crippen LogP contribution in [0.5, 0.6) is 0 Å². The molecule has 3 nitrogen and oxygen atoms in total. The molecule has 1 aromatic rings. The van der Waals surface area contributed by atoms with E-state index in [1.54, 1.807) is 0 Å². The Kier molecular flexibility index (Phi) is 4.83. The maximum Gasteiger partial charge on any atom is 0.0187 e. The standard InChI is InChI=1S/C10H11N3.2W/c1-2-5-9-8(4-1)12-10-11-6-3-7-13(9)10;;/h1-2,4-5,10H,3,6-7H2;;/q-2;;. The average molecular weight is 541 g/mol. The van der Waals surface area contributed by atoms with E-state index in [0.717, 1.165) is 25.2 Å². The molecule has 2 aliphatic rings. The van der Waals surface area contributed by atoms with Crippen LogP contribution in [0.4, 0.5) is 11.4 Å². The van der Waals surface area contributed by atoms with Crippen LogP contribution < -0.4 is 4.90 Å². The van der Waals surface area contributed by atoms with Crippen molar-refractivity contribution in [1.29, 1.82) is 0 Å². The maximum atomic E-state index is 4.53. The van der Waals surface area contributed by atoms with Gasteiger partial charge < -0.3 is 15.5 Å². The first kappa shape index (κ1) is 13.2. The molecular weight excluding hydrogens is 530 g/mol. The zero-order valence-corrected chi connectivity index (χ0v) is 14.0. The molecule has 15 heavy (non-hydrogen) atoms. The number of hydrogen-bond donors (Lipinski definition) is 0. The normalized spacial score (nSPS) is 21.6. The third kappa shape index (κ3) is 2.30. The van der Waals surface area contributed by atoms with Crippen LogP contribution in [0.1, 0.15) is 6.42 Å². The molecule has 0 saturated carbocycles. The minimum Gasteiger partial charge on any atom is -0.681 e. The Bertz CT molecular complexity index is 332. The van der Waals surface area contributed by atoms with Crippen molar-refractivity contribution >= 4 is 11.4 Å². The van der Waals surface area contributed by atoms with Gasteiger partial charge >= 0.3 is 0 Å². The molecule has 0 aliphatic carbocycles. The van der Waals surface area contributed by atoms with Crippen molar-refractivity contribution in [2.24, 2.45) is 0 Å². The van der Waals surface area contributed by atoms with E-state index in [1.165, 1.54) is 5.69 Å². The van der Waals surface area contributed by atoms with Crippen molar-refractivity contribution in [3.8, 4) is 0 Å². The predicted molar refractivity (Wildman–Crippen MR) is 53.4 cm³/mol. The molecule has 5 heteroatoms. The minimum atomic E-state index is 0. The molecule has 1 atom stereocenters. The zero-order valence-electron chi connectivity index (χ0n) is 8.17. The fraction of sp³-hybridized carbons (Fsp3) is 0.400. The predicted octanol–water partition coefficient (Wildman–Crippen LogP) is 2.57. The number of anilines is 1. The maximum absolute atomic E-state index is 4.53. The topological polar surface area (TPSA) is 31.4 Å². The van der Waals surface area contributed by atoms with Gasteiger partial charge in [-0.3, -0.25) is 0 Å². The van der Waals surface area contributed by atoms with Gasteiger partial charge in [0.2, 0.25) is 0 Å². The molecule has 3 rings (SSSR count). The second kappa shape index (κ2) is 5.47. The largest absolute Gasteiger partial charge is 0.681 e. The van der Waals surface area contributed by atoms with Crippen molar-refractivity contribution in [3.63, 3.8) is 0 Å². The van der Waals surface area contributed by atoms with Crippen molar-refractivity contribution in [2.45, 2.75) is 12.7 Å². The van der Waals surface area contributed by atoms with Crippen molar-refractivity contribution in [3.05, 3.63) is 34.9 Å². The molecule has 0 spiro atoms. The Morgan fingerprint density at radius 2 is 2.00 bits per heavy atom. The van der Waals surface area contributed by atoms with E-state index in [0.29, 0.717) is 0 Å². The van der Waals surface area contributed by atoms with Crippen LogP contribution in [0.2, 0.25) is 0 Å². The van der Waals surface area contributed by atoms with Gasteiger partial charge in [-0.15, -0.1) is 18.5 Å². The van der Waals surface area contributed by atoms with Crippen LogP contribution in [0.3, 0.4) is 0 Å². The fourth-order valence-corrected chi connectivity index (χ4v) is 1.96. The number of benzene rings is 1. The Hall–Kier alpha value is 0.157. The van der Waals surface area contributed by atoms with E-state index in [1.807, 2.05) is 6.07 Å². The van der Waals surface area contributed by atoms with Crippen molar-refractivity contribution < 1.29 is 42.1 Å². The van der Waals surface area contributed by atoms with Gasteiger partial charge in [0.1, 0.15) is 0 Å². The summed E-state index contributed by atoms with van der Waals surface area (Å²) in [7, 11) is 0. The van der Waals surface area contributed by atoms with E-state index in [9.17, 15) is 0 Å². The van der Waals surface area contributed by atoms with Gasteiger partial charge in [-0.25, -0.2) is 0 Å². The Labute approximate surface area is 119 Å². The third-order valence-corrected chi connectivity index (χ3v) is 2.57. The second-order valence-corrected chi connectivity index (χ2v) is 3.42. The number of para-hydroxylation sites is 2. The summed E-state index contributed by atoms with van der Waals surface area (Å²) in [4.78, 5) is 2.28. The third-order valence-electron chi connectivity index (χ3n) is 2.57. The summed E-state index contributed by atoms with van der Waals surface area (Å²) in [5.74, 6) is 0. The van der Waals surface area contributed by atoms with Gasteiger partial charge in [-0.05, 0) is 6.07 Å². The first-order valence-electron chi connectivity index (χ1n) is 4.68. The molecule has 80 valence electrons. The van der Waals surface area contributed by atoms with E-state index >= 15 is 0 Å². The molecule has 1 aromatic carbocycles. The van der Waals surface area contributed by atoms with E-state index in [2.05, 4.69) is 33.7 Å². The fourth-order valence-electron chi connectivity index (χ4n) is 1.96. The van der Waals surface area contributed by atoms with Gasteiger partial charge in [0.05, 0.1) is 0 Å². The molecular formula is C10H11N3W2-2. The number of fused-ring (bicyclic) bond motifs is 3. The van der Waals surface area contributed by atoms with Crippen LogP contribution in [-0.2, 0) is 42.1 Å². The molecule has 0 N–H and O–H groups in total. The van der Waals surface area contributed by atoms with E-state index in [4.69, 9.17) is 0 Å². The Morgan fingerprint density at radius 3 is 2.87 bits per heavy atom. The quantitative estimate of drug-likeness (QED) is 0.498. The molecule has 0 bridgehead atoms. The first-order chi connectivity index (χ1) is 6.45. The summed E-state index contributed by atoms with van der Waals surface area (Å²) in [5, 5.41) is 9.00. The summed E-state index contributed by atoms with van der Waals surface area (Å²) in [5.41, 5.74) is 2.34. The van der Waals surface area contributed by atoms with Crippen molar-refractivity contribution in [1.82, 2.24) is 0 Å². The number of hydrogen-bond acceptors (Lipinski definition) is 1. The van der Waals surface area contributed by atoms with Crippen LogP contribution in [0.25, 0.3) is 10.6 Å². The SMILES string of the molecule is [W].[W].c1ccc2c(c1)[N-]C1[N-]CCCN21. The summed E-state index contributed by atoms with van der Waals surface area (Å²) in [6.07, 6.45) is 1.23. The molecule has 2 aliphatic heterocycles. The van der Waals surface area contributed by atoms with Crippen molar-refractivity contribution in [2.75, 3.05) is 18.0 Å². The molecule has 1 saturated heterocycles. The molecule has 2 heterocycles. The number of nitrogens with zero attached hydrogens (tertiary/aromatic N) is 3. The Morgan fingerprint density at radius 1 is 1.20 bits per heavy atom. The molecule has 0 amide bonds. The molecule has 0 radical (unpaired) electrons. The first-order valence-corrected chi connectivity index (χ1v) is 4.68. The van der Waals surface area contributed by atoms with E-state index in [-0.39, 0.29) is 48.4 Å². The summed E-state index contributed by atoms with van der Waals surface area (Å²) in [6, 6.07) is 8.27. The minimum absolute atomic E-state index is 0. The second-order valence-electron chi connectivity index (χ2n) is 3.42. The summed E-state index contributed by atoms with van der Waals surface area (Å²) >= 11 is 0. The zero-order chi connectivity index (χ0) is 8.67. The van der Waals surface area contributed by atoms with Gasteiger partial charge in [0, 0.05) is 54.4 Å². The molecule has 0 aromatic heterocycles. The van der Waals surface area contributed by atoms with Crippen LogP contribution >= 0.6 is 0 Å². The van der Waals surface area contributed by atoms with Gasteiger partial charge in [-0.2, -0.15) is 0 Å². The van der Waals surface area contributed by atoms with Crippen LogP contribution in [0, 0.1) is 0 Å². The number of rotatable bonds is 0. The molecule has 1 unspecified atom stereocenters. The summed E-state index contributed by atoms with van der Waals surface area (Å²) in [6.45, 7) is 2.05. The van der Waals surface area contributed by atoms with E-state index < -0.39 is 0 Å². The smallest absolute Gasteiger partial charge is 0.0187 e. The van der Waals surface area contributed by atoms with Gasteiger partial charge in [0.25, 0.3) is 0 Å². The van der Waals surface area contributed by atoms with Crippen LogP contribution in [-0.4, -0.2) is 19.4 Å². The van der Waals surface area contributed by atoms with Gasteiger partial charge in [0.15, 0.2) is 0 Å². The Balaban J connectivity index is 0.000000562. The van der Waals surface area contributed by atoms with Gasteiger partial charge in [-0.1, -0.05) is 24.6 Å². The molecule has 1 fully saturated rings. The monoisotopic (exact) mass is 541 g/mol. The summed E-state index contributed by atoms with van der Waals surface area (Å²) < 4.78 is 0. The van der Waals surface area contributed by atoms with Crippen LogP contribution in [0.15, 0.2) is 24.3 Å². The average Bonchev–Trinajstić information content (AvgIpc) is 2.56.